The number of methoxy groups -OCH3 is 1. The third-order valence-corrected chi connectivity index (χ3v) is 2.81. The number of carbonyl (C=O) groups excluding carboxylic acids is 1. The number of carbonyl (C=O) groups is 1. The molecule has 0 unspecified atom stereocenters. The molecule has 3 heteroatoms. The lowest BCUT2D eigenvalue weighted by molar-refractivity contribution is 0.0601. The average molecular weight is 247 g/mol. The molecule has 0 aliphatic carbocycles. The van der Waals surface area contributed by atoms with E-state index in [2.05, 4.69) is 4.74 Å². The molecule has 2 rings (SSSR count). The van der Waals surface area contributed by atoms with E-state index < -0.39 is 5.97 Å². The molecule has 0 aromatic heterocycles. The van der Waals surface area contributed by atoms with Gasteiger partial charge in [0.25, 0.3) is 0 Å². The van der Waals surface area contributed by atoms with E-state index in [4.69, 9.17) is 11.6 Å². The van der Waals surface area contributed by atoms with Gasteiger partial charge in [-0.1, -0.05) is 48.0 Å². The summed E-state index contributed by atoms with van der Waals surface area (Å²) in [7, 11) is 1.34. The fourth-order valence-electron chi connectivity index (χ4n) is 1.60. The summed E-state index contributed by atoms with van der Waals surface area (Å²) < 4.78 is 4.68. The smallest absolute Gasteiger partial charge is 0.339 e. The first kappa shape index (κ1) is 11.7. The number of halogens is 1. The number of rotatable bonds is 2. The van der Waals surface area contributed by atoms with E-state index in [1.807, 2.05) is 36.4 Å². The molecule has 0 heterocycles. The number of hydrogen-bond acceptors (Lipinski definition) is 2. The van der Waals surface area contributed by atoms with Crippen LogP contribution in [0.3, 0.4) is 0 Å². The van der Waals surface area contributed by atoms with Crippen LogP contribution in [-0.4, -0.2) is 13.1 Å². The Morgan fingerprint density at radius 3 is 2.41 bits per heavy atom. The van der Waals surface area contributed by atoms with E-state index in [-0.39, 0.29) is 0 Å². The minimum atomic E-state index is -0.423. The summed E-state index contributed by atoms with van der Waals surface area (Å²) >= 11 is 5.96. The SMILES string of the molecule is COC(=O)c1cc(-c2ccccc2)ccc1Cl. The molecule has 86 valence electrons. The highest BCUT2D eigenvalue weighted by Gasteiger charge is 2.11. The lowest BCUT2D eigenvalue weighted by Gasteiger charge is -2.06. The van der Waals surface area contributed by atoms with Gasteiger partial charge in [-0.2, -0.15) is 0 Å². The van der Waals surface area contributed by atoms with Gasteiger partial charge in [0.2, 0.25) is 0 Å². The van der Waals surface area contributed by atoms with Gasteiger partial charge < -0.3 is 4.74 Å². The maximum atomic E-state index is 11.5. The van der Waals surface area contributed by atoms with Gasteiger partial charge in [-0.05, 0) is 23.3 Å². The van der Waals surface area contributed by atoms with Crippen LogP contribution in [0, 0.1) is 0 Å². The molecule has 0 saturated carbocycles. The Hall–Kier alpha value is -1.80. The second kappa shape index (κ2) is 5.02. The lowest BCUT2D eigenvalue weighted by atomic mass is 10.0. The fraction of sp³-hybridized carbons (Fsp3) is 0.0714. The summed E-state index contributed by atoms with van der Waals surface area (Å²) in [6, 6.07) is 15.1. The first-order valence-electron chi connectivity index (χ1n) is 5.15. The van der Waals surface area contributed by atoms with Crippen LogP contribution in [0.4, 0.5) is 0 Å². The van der Waals surface area contributed by atoms with Crippen molar-refractivity contribution < 1.29 is 9.53 Å². The van der Waals surface area contributed by atoms with Crippen molar-refractivity contribution in [3.8, 4) is 11.1 Å². The van der Waals surface area contributed by atoms with Gasteiger partial charge in [-0.15, -0.1) is 0 Å². The van der Waals surface area contributed by atoms with E-state index in [9.17, 15) is 4.79 Å². The molecule has 2 aromatic carbocycles. The van der Waals surface area contributed by atoms with Crippen LogP contribution < -0.4 is 0 Å². The summed E-state index contributed by atoms with van der Waals surface area (Å²) in [5.41, 5.74) is 2.36. The van der Waals surface area contributed by atoms with E-state index in [0.717, 1.165) is 11.1 Å². The Morgan fingerprint density at radius 1 is 1.06 bits per heavy atom. The molecular formula is C14H11ClO2. The number of benzene rings is 2. The summed E-state index contributed by atoms with van der Waals surface area (Å²) in [4.78, 5) is 11.5. The third-order valence-electron chi connectivity index (χ3n) is 2.48. The zero-order valence-corrected chi connectivity index (χ0v) is 10.1. The predicted octanol–water partition coefficient (Wildman–Crippen LogP) is 3.79. The zero-order chi connectivity index (χ0) is 12.3. The van der Waals surface area contributed by atoms with Crippen molar-refractivity contribution in [1.29, 1.82) is 0 Å². The minimum Gasteiger partial charge on any atom is -0.465 e. The molecule has 0 aliphatic heterocycles. The molecule has 0 N–H and O–H groups in total. The van der Waals surface area contributed by atoms with E-state index in [1.54, 1.807) is 12.1 Å². The summed E-state index contributed by atoms with van der Waals surface area (Å²) in [5, 5.41) is 0.400. The van der Waals surface area contributed by atoms with E-state index in [0.29, 0.717) is 10.6 Å². The van der Waals surface area contributed by atoms with Crippen LogP contribution in [-0.2, 0) is 4.74 Å². The van der Waals surface area contributed by atoms with Crippen LogP contribution >= 0.6 is 11.6 Å². The first-order chi connectivity index (χ1) is 8.22. The summed E-state index contributed by atoms with van der Waals surface area (Å²) in [6.45, 7) is 0. The molecule has 0 spiro atoms. The van der Waals surface area contributed by atoms with Gasteiger partial charge in [0.15, 0.2) is 0 Å². The van der Waals surface area contributed by atoms with Gasteiger partial charge in [0.05, 0.1) is 17.7 Å². The quantitative estimate of drug-likeness (QED) is 0.754. The molecule has 0 aliphatic rings. The summed E-state index contributed by atoms with van der Waals surface area (Å²) in [6.07, 6.45) is 0. The maximum absolute atomic E-state index is 11.5. The van der Waals surface area contributed by atoms with Gasteiger partial charge >= 0.3 is 5.97 Å². The Balaban J connectivity index is 2.48. The third kappa shape index (κ3) is 2.48. The van der Waals surface area contributed by atoms with Crippen LogP contribution in [0.2, 0.25) is 5.02 Å². The second-order valence-electron chi connectivity index (χ2n) is 3.55. The van der Waals surface area contributed by atoms with E-state index >= 15 is 0 Å². The zero-order valence-electron chi connectivity index (χ0n) is 9.31. The second-order valence-corrected chi connectivity index (χ2v) is 3.96. The standard InChI is InChI=1S/C14H11ClO2/c1-17-14(16)12-9-11(7-8-13(12)15)10-5-3-2-4-6-10/h2-9H,1H3. The number of esters is 1. The Bertz CT molecular complexity index is 535. The number of ether oxygens (including phenoxy) is 1. The Morgan fingerprint density at radius 2 is 1.76 bits per heavy atom. The Kier molecular flexibility index (Phi) is 3.45. The van der Waals surface area contributed by atoms with E-state index in [1.165, 1.54) is 7.11 Å². The molecule has 0 amide bonds. The largest absolute Gasteiger partial charge is 0.465 e. The van der Waals surface area contributed by atoms with Crippen molar-refractivity contribution in [1.82, 2.24) is 0 Å². The molecule has 0 saturated heterocycles. The van der Waals surface area contributed by atoms with Crippen molar-refractivity contribution in [2.75, 3.05) is 7.11 Å². The average Bonchev–Trinajstić information content (AvgIpc) is 2.39. The number of hydrogen-bond donors (Lipinski definition) is 0. The minimum absolute atomic E-state index is 0.385. The normalized spacial score (nSPS) is 10.0. The highest BCUT2D eigenvalue weighted by Crippen LogP contribution is 2.25. The van der Waals surface area contributed by atoms with Crippen molar-refractivity contribution in [2.45, 2.75) is 0 Å². The molecular weight excluding hydrogens is 236 g/mol. The van der Waals surface area contributed by atoms with Gasteiger partial charge in [-0.25, -0.2) is 4.79 Å². The van der Waals surface area contributed by atoms with Crippen LogP contribution in [0.15, 0.2) is 48.5 Å². The highest BCUT2D eigenvalue weighted by molar-refractivity contribution is 6.33. The Labute approximate surface area is 105 Å². The molecule has 0 bridgehead atoms. The molecule has 2 nitrogen and oxygen atoms in total. The molecule has 0 radical (unpaired) electrons. The highest BCUT2D eigenvalue weighted by atomic mass is 35.5. The predicted molar refractivity (Wildman–Crippen MR) is 68.2 cm³/mol. The van der Waals surface area contributed by atoms with Gasteiger partial charge in [-0.3, -0.25) is 0 Å². The summed E-state index contributed by atoms with van der Waals surface area (Å²) in [5.74, 6) is -0.423. The van der Waals surface area contributed by atoms with Crippen LogP contribution in [0.1, 0.15) is 10.4 Å². The van der Waals surface area contributed by atoms with Crippen molar-refractivity contribution in [3.63, 3.8) is 0 Å². The fourth-order valence-corrected chi connectivity index (χ4v) is 1.80. The lowest BCUT2D eigenvalue weighted by Crippen LogP contribution is -2.02. The molecule has 0 atom stereocenters. The van der Waals surface area contributed by atoms with Crippen molar-refractivity contribution in [3.05, 3.63) is 59.1 Å². The van der Waals surface area contributed by atoms with Crippen molar-refractivity contribution >= 4 is 17.6 Å². The topological polar surface area (TPSA) is 26.3 Å². The molecule has 0 fully saturated rings. The maximum Gasteiger partial charge on any atom is 0.339 e. The monoisotopic (exact) mass is 246 g/mol. The van der Waals surface area contributed by atoms with Crippen LogP contribution in [0.5, 0.6) is 0 Å². The molecule has 17 heavy (non-hydrogen) atoms. The molecule has 2 aromatic rings. The van der Waals surface area contributed by atoms with Crippen LogP contribution in [0.25, 0.3) is 11.1 Å². The van der Waals surface area contributed by atoms with Crippen molar-refractivity contribution in [2.24, 2.45) is 0 Å². The van der Waals surface area contributed by atoms with Gasteiger partial charge in [0.1, 0.15) is 0 Å². The first-order valence-corrected chi connectivity index (χ1v) is 5.53. The van der Waals surface area contributed by atoms with Gasteiger partial charge in [0, 0.05) is 0 Å².